The number of hydrogen-bond donors (Lipinski definition) is 3. The molecule has 180 valence electrons. The molecule has 0 spiro atoms. The fourth-order valence-corrected chi connectivity index (χ4v) is 3.18. The van der Waals surface area contributed by atoms with E-state index in [1.165, 1.54) is 4.90 Å². The van der Waals surface area contributed by atoms with Crippen molar-refractivity contribution in [3.8, 4) is 0 Å². The van der Waals surface area contributed by atoms with Crippen LogP contribution in [0.3, 0.4) is 0 Å². The number of carbonyl (C=O) groups is 3. The summed E-state index contributed by atoms with van der Waals surface area (Å²) >= 11 is 0. The summed E-state index contributed by atoms with van der Waals surface area (Å²) in [6.45, 7) is 15.5. The predicted molar refractivity (Wildman–Crippen MR) is 124 cm³/mol. The summed E-state index contributed by atoms with van der Waals surface area (Å²) in [5.41, 5.74) is 0.0822. The highest BCUT2D eigenvalue weighted by Crippen LogP contribution is 2.30. The molecule has 1 aromatic rings. The van der Waals surface area contributed by atoms with E-state index in [0.29, 0.717) is 5.56 Å². The lowest BCUT2D eigenvalue weighted by molar-refractivity contribution is -0.149. The van der Waals surface area contributed by atoms with Crippen LogP contribution in [0.2, 0.25) is 0 Å². The predicted octanol–water partition coefficient (Wildman–Crippen LogP) is 3.07. The van der Waals surface area contributed by atoms with Gasteiger partial charge in [-0.3, -0.25) is 9.59 Å². The molecule has 3 amide bonds. The highest BCUT2D eigenvalue weighted by Gasteiger charge is 2.41. The normalized spacial score (nSPS) is 13.8. The van der Waals surface area contributed by atoms with Gasteiger partial charge < -0.3 is 25.4 Å². The largest absolute Gasteiger partial charge is 0.444 e. The Morgan fingerprint density at radius 2 is 1.53 bits per heavy atom. The number of aliphatic hydroxyl groups excluding tert-OH is 1. The third-order valence-corrected chi connectivity index (χ3v) is 4.46. The van der Waals surface area contributed by atoms with E-state index in [1.54, 1.807) is 53.7 Å². The van der Waals surface area contributed by atoms with Gasteiger partial charge in [0, 0.05) is 11.6 Å². The molecule has 0 radical (unpaired) electrons. The molecule has 0 aliphatic rings. The average molecular weight is 450 g/mol. The van der Waals surface area contributed by atoms with E-state index in [-0.39, 0.29) is 11.9 Å². The van der Waals surface area contributed by atoms with Gasteiger partial charge >= 0.3 is 6.09 Å². The van der Waals surface area contributed by atoms with Crippen LogP contribution in [0.4, 0.5) is 4.79 Å². The topological polar surface area (TPSA) is 108 Å². The Labute approximate surface area is 191 Å². The number of carbonyl (C=O) groups excluding carboxylic acids is 3. The molecule has 2 unspecified atom stereocenters. The SMILES string of the molecule is Cc1ccc(C(C(=O)NC(C)C)N(C(=O)C(CO)NC(=O)OC(C)(C)C)C(C)(C)C)cc1. The molecule has 8 nitrogen and oxygen atoms in total. The molecule has 3 N–H and O–H groups in total. The monoisotopic (exact) mass is 449 g/mol. The minimum absolute atomic E-state index is 0.138. The van der Waals surface area contributed by atoms with Crippen LogP contribution in [0.5, 0.6) is 0 Å². The second-order valence-electron chi connectivity index (χ2n) is 10.2. The number of nitrogens with one attached hydrogen (secondary N) is 2. The van der Waals surface area contributed by atoms with Crippen molar-refractivity contribution in [3.05, 3.63) is 35.4 Å². The number of amides is 3. The first-order valence-corrected chi connectivity index (χ1v) is 10.9. The summed E-state index contributed by atoms with van der Waals surface area (Å²) in [6, 6.07) is 4.99. The lowest BCUT2D eigenvalue weighted by Gasteiger charge is -2.43. The van der Waals surface area contributed by atoms with Gasteiger partial charge in [-0.1, -0.05) is 29.8 Å². The van der Waals surface area contributed by atoms with Gasteiger partial charge in [-0.15, -0.1) is 0 Å². The van der Waals surface area contributed by atoms with Crippen LogP contribution in [0.15, 0.2) is 24.3 Å². The molecule has 0 aromatic heterocycles. The zero-order valence-corrected chi connectivity index (χ0v) is 20.8. The number of ether oxygens (including phenoxy) is 1. The van der Waals surface area contributed by atoms with Crippen LogP contribution in [-0.2, 0) is 14.3 Å². The lowest BCUT2D eigenvalue weighted by Crippen LogP contribution is -2.59. The van der Waals surface area contributed by atoms with Crippen molar-refractivity contribution in [1.29, 1.82) is 0 Å². The van der Waals surface area contributed by atoms with Gasteiger partial charge in [0.05, 0.1) is 6.61 Å². The van der Waals surface area contributed by atoms with Crippen molar-refractivity contribution >= 4 is 17.9 Å². The summed E-state index contributed by atoms with van der Waals surface area (Å²) in [6.07, 6.45) is -0.822. The first-order chi connectivity index (χ1) is 14.6. The quantitative estimate of drug-likeness (QED) is 0.593. The maximum absolute atomic E-state index is 13.6. The number of hydrogen-bond acceptors (Lipinski definition) is 5. The third kappa shape index (κ3) is 8.15. The number of rotatable bonds is 7. The molecule has 1 rings (SSSR count). The number of aliphatic hydroxyl groups is 1. The van der Waals surface area contributed by atoms with Crippen LogP contribution in [0, 0.1) is 6.92 Å². The van der Waals surface area contributed by atoms with E-state index in [0.717, 1.165) is 5.56 Å². The second-order valence-corrected chi connectivity index (χ2v) is 10.2. The van der Waals surface area contributed by atoms with Gasteiger partial charge in [-0.25, -0.2) is 4.79 Å². The summed E-state index contributed by atoms with van der Waals surface area (Å²) in [5.74, 6) is -0.934. The maximum Gasteiger partial charge on any atom is 0.408 e. The van der Waals surface area contributed by atoms with Crippen molar-refractivity contribution in [1.82, 2.24) is 15.5 Å². The molecule has 0 aliphatic heterocycles. The molecule has 0 saturated carbocycles. The first kappa shape index (κ1) is 27.4. The molecule has 0 saturated heterocycles. The Kier molecular flexibility index (Phi) is 9.26. The summed E-state index contributed by atoms with van der Waals surface area (Å²) < 4.78 is 5.23. The Morgan fingerprint density at radius 1 is 1.00 bits per heavy atom. The standard InChI is InChI=1S/C24H39N3O5/c1-15(2)25-20(29)19(17-12-10-16(3)11-13-17)27(23(4,5)6)21(30)18(14-28)26-22(31)32-24(7,8)9/h10-13,15,18-19,28H,14H2,1-9H3,(H,25,29)(H,26,31). The van der Waals surface area contributed by atoms with Crippen molar-refractivity contribution in [2.45, 2.75) is 91.6 Å². The van der Waals surface area contributed by atoms with Gasteiger partial charge in [0.15, 0.2) is 0 Å². The zero-order chi connectivity index (χ0) is 24.9. The van der Waals surface area contributed by atoms with Crippen molar-refractivity contribution in [2.75, 3.05) is 6.61 Å². The van der Waals surface area contributed by atoms with E-state index >= 15 is 0 Å². The molecule has 8 heteroatoms. The molecule has 1 aromatic carbocycles. The molecule has 0 bridgehead atoms. The zero-order valence-electron chi connectivity index (χ0n) is 20.8. The summed E-state index contributed by atoms with van der Waals surface area (Å²) in [4.78, 5) is 40.6. The van der Waals surface area contributed by atoms with Gasteiger partial charge in [0.2, 0.25) is 11.8 Å². The Hall–Kier alpha value is -2.61. The molecular weight excluding hydrogens is 410 g/mol. The molecule has 2 atom stereocenters. The van der Waals surface area contributed by atoms with Gasteiger partial charge in [-0.2, -0.15) is 0 Å². The van der Waals surface area contributed by atoms with Crippen LogP contribution in [0.25, 0.3) is 0 Å². The van der Waals surface area contributed by atoms with Crippen molar-refractivity contribution in [3.63, 3.8) is 0 Å². The van der Waals surface area contributed by atoms with Crippen molar-refractivity contribution < 1.29 is 24.2 Å². The van der Waals surface area contributed by atoms with Gasteiger partial charge in [-0.05, 0) is 67.9 Å². The summed E-state index contributed by atoms with van der Waals surface area (Å²) in [7, 11) is 0. The Bertz CT molecular complexity index is 791. The summed E-state index contributed by atoms with van der Waals surface area (Å²) in [5, 5.41) is 15.2. The fourth-order valence-electron chi connectivity index (χ4n) is 3.18. The third-order valence-electron chi connectivity index (χ3n) is 4.46. The van der Waals surface area contributed by atoms with E-state index in [1.807, 2.05) is 32.9 Å². The van der Waals surface area contributed by atoms with Gasteiger partial charge in [0.1, 0.15) is 17.7 Å². The van der Waals surface area contributed by atoms with Crippen LogP contribution < -0.4 is 10.6 Å². The van der Waals surface area contributed by atoms with Crippen LogP contribution in [-0.4, -0.2) is 57.7 Å². The maximum atomic E-state index is 13.6. The molecule has 0 heterocycles. The first-order valence-electron chi connectivity index (χ1n) is 10.9. The number of benzene rings is 1. The minimum atomic E-state index is -1.27. The number of nitrogens with zero attached hydrogens (tertiary/aromatic N) is 1. The second kappa shape index (κ2) is 10.8. The van der Waals surface area contributed by atoms with E-state index < -0.39 is 41.8 Å². The highest BCUT2D eigenvalue weighted by molar-refractivity contribution is 5.92. The average Bonchev–Trinajstić information content (AvgIpc) is 2.61. The fraction of sp³-hybridized carbons (Fsp3) is 0.625. The lowest BCUT2D eigenvalue weighted by atomic mass is 9.95. The highest BCUT2D eigenvalue weighted by atomic mass is 16.6. The van der Waals surface area contributed by atoms with Crippen molar-refractivity contribution in [2.24, 2.45) is 0 Å². The molecular formula is C24H39N3O5. The van der Waals surface area contributed by atoms with Gasteiger partial charge in [0.25, 0.3) is 0 Å². The van der Waals surface area contributed by atoms with Crippen LogP contribution >= 0.6 is 0 Å². The van der Waals surface area contributed by atoms with E-state index in [9.17, 15) is 19.5 Å². The minimum Gasteiger partial charge on any atom is -0.444 e. The smallest absolute Gasteiger partial charge is 0.408 e. The molecule has 0 aliphatic carbocycles. The number of alkyl carbamates (subject to hydrolysis) is 1. The molecule has 0 fully saturated rings. The molecule has 32 heavy (non-hydrogen) atoms. The van der Waals surface area contributed by atoms with E-state index in [2.05, 4.69) is 10.6 Å². The Balaban J connectivity index is 3.43. The number of aryl methyl sites for hydroxylation is 1. The van der Waals surface area contributed by atoms with Crippen LogP contribution in [0.1, 0.15) is 72.6 Å². The van der Waals surface area contributed by atoms with E-state index in [4.69, 9.17) is 4.74 Å². The Morgan fingerprint density at radius 3 is 1.94 bits per heavy atom.